The van der Waals surface area contributed by atoms with Crippen LogP contribution in [0.1, 0.15) is 25.3 Å². The summed E-state index contributed by atoms with van der Waals surface area (Å²) < 4.78 is 25.9. The lowest BCUT2D eigenvalue weighted by Gasteiger charge is -2.10. The van der Waals surface area contributed by atoms with Crippen LogP contribution in [-0.4, -0.2) is 6.04 Å². The maximum atomic E-state index is 13.1. The molecule has 1 rings (SSSR count). The number of hydrogen-bond acceptors (Lipinski definition) is 1. The molecule has 0 saturated carbocycles. The summed E-state index contributed by atoms with van der Waals surface area (Å²) in [6, 6.07) is 3.38. The first-order valence-corrected chi connectivity index (χ1v) is 4.83. The highest BCUT2D eigenvalue weighted by atomic mass is 19.1. The van der Waals surface area contributed by atoms with Crippen LogP contribution in [0.2, 0.25) is 0 Å². The Kier molecular flexibility index (Phi) is 4.01. The Balaban J connectivity index is 2.70. The third kappa shape index (κ3) is 3.07. The smallest absolute Gasteiger partial charge is 0.126 e. The Morgan fingerprint density at radius 2 is 2.07 bits per heavy atom. The van der Waals surface area contributed by atoms with E-state index < -0.39 is 5.82 Å². The van der Waals surface area contributed by atoms with Crippen LogP contribution in [0.4, 0.5) is 8.78 Å². The maximum absolute atomic E-state index is 13.1. The molecule has 0 amide bonds. The molecule has 0 aliphatic rings. The van der Waals surface area contributed by atoms with E-state index in [1.807, 2.05) is 6.92 Å². The molecular weight excluding hydrogens is 184 g/mol. The molecule has 1 aromatic carbocycles. The van der Waals surface area contributed by atoms with Crippen LogP contribution in [0, 0.1) is 11.6 Å². The summed E-state index contributed by atoms with van der Waals surface area (Å²) in [5, 5.41) is 0. The predicted molar refractivity (Wildman–Crippen MR) is 52.9 cm³/mol. The van der Waals surface area contributed by atoms with Crippen molar-refractivity contribution in [2.45, 2.75) is 32.2 Å². The fraction of sp³-hybridized carbons (Fsp3) is 0.455. The van der Waals surface area contributed by atoms with Crippen molar-refractivity contribution in [3.05, 3.63) is 35.4 Å². The van der Waals surface area contributed by atoms with Gasteiger partial charge >= 0.3 is 0 Å². The highest BCUT2D eigenvalue weighted by molar-refractivity contribution is 5.19. The van der Waals surface area contributed by atoms with Gasteiger partial charge in [0.25, 0.3) is 0 Å². The molecule has 1 atom stereocenters. The van der Waals surface area contributed by atoms with Crippen LogP contribution in [0.15, 0.2) is 18.2 Å². The highest BCUT2D eigenvalue weighted by Crippen LogP contribution is 2.12. The monoisotopic (exact) mass is 199 g/mol. The first kappa shape index (κ1) is 11.1. The Morgan fingerprint density at radius 1 is 1.36 bits per heavy atom. The summed E-state index contributed by atoms with van der Waals surface area (Å²) in [5.41, 5.74) is 6.11. The molecule has 0 heterocycles. The molecule has 0 radical (unpaired) electrons. The minimum absolute atomic E-state index is 0.0868. The fourth-order valence-electron chi connectivity index (χ4n) is 1.46. The van der Waals surface area contributed by atoms with Crippen LogP contribution >= 0.6 is 0 Å². The van der Waals surface area contributed by atoms with E-state index in [4.69, 9.17) is 5.73 Å². The van der Waals surface area contributed by atoms with E-state index in [1.54, 1.807) is 0 Å². The molecule has 1 unspecified atom stereocenters. The molecule has 0 spiro atoms. The van der Waals surface area contributed by atoms with Crippen molar-refractivity contribution in [3.8, 4) is 0 Å². The Hall–Kier alpha value is -0.960. The average molecular weight is 199 g/mol. The van der Waals surface area contributed by atoms with Gasteiger partial charge in [-0.15, -0.1) is 0 Å². The molecule has 2 N–H and O–H groups in total. The quantitative estimate of drug-likeness (QED) is 0.792. The zero-order valence-electron chi connectivity index (χ0n) is 8.26. The van der Waals surface area contributed by atoms with E-state index in [1.165, 1.54) is 6.07 Å². The van der Waals surface area contributed by atoms with E-state index >= 15 is 0 Å². The molecule has 0 bridgehead atoms. The number of hydrogen-bond donors (Lipinski definition) is 1. The maximum Gasteiger partial charge on any atom is 0.126 e. The van der Waals surface area contributed by atoms with Crippen molar-refractivity contribution < 1.29 is 8.78 Å². The molecular formula is C11H15F2N. The normalized spacial score (nSPS) is 12.9. The molecule has 78 valence electrons. The van der Waals surface area contributed by atoms with Crippen molar-refractivity contribution in [1.82, 2.24) is 0 Å². The first-order valence-electron chi connectivity index (χ1n) is 4.83. The van der Waals surface area contributed by atoms with Crippen LogP contribution in [0.3, 0.4) is 0 Å². The van der Waals surface area contributed by atoms with Crippen molar-refractivity contribution >= 4 is 0 Å². The molecule has 0 saturated heterocycles. The largest absolute Gasteiger partial charge is 0.327 e. The Labute approximate surface area is 82.9 Å². The van der Waals surface area contributed by atoms with Gasteiger partial charge in [0.1, 0.15) is 11.6 Å². The Morgan fingerprint density at radius 3 is 2.71 bits per heavy atom. The number of benzene rings is 1. The van der Waals surface area contributed by atoms with Crippen molar-refractivity contribution in [1.29, 1.82) is 0 Å². The van der Waals surface area contributed by atoms with Crippen LogP contribution in [-0.2, 0) is 6.42 Å². The highest BCUT2D eigenvalue weighted by Gasteiger charge is 2.08. The molecule has 3 heteroatoms. The SMILES string of the molecule is CCCC(N)Cc1cc(F)ccc1F. The summed E-state index contributed by atoms with van der Waals surface area (Å²) in [6.45, 7) is 2.02. The standard InChI is InChI=1S/C11H15F2N/c1-2-3-10(14)7-8-6-9(12)4-5-11(8)13/h4-6,10H,2-3,7,14H2,1H3. The second-order valence-electron chi connectivity index (χ2n) is 3.49. The topological polar surface area (TPSA) is 26.0 Å². The van der Waals surface area contributed by atoms with Crippen molar-refractivity contribution in [2.75, 3.05) is 0 Å². The zero-order chi connectivity index (χ0) is 10.6. The molecule has 0 aliphatic carbocycles. The van der Waals surface area contributed by atoms with Gasteiger partial charge in [-0.25, -0.2) is 8.78 Å². The van der Waals surface area contributed by atoms with Gasteiger partial charge in [-0.2, -0.15) is 0 Å². The molecule has 1 nitrogen and oxygen atoms in total. The van der Waals surface area contributed by atoms with E-state index in [-0.39, 0.29) is 11.9 Å². The second-order valence-corrected chi connectivity index (χ2v) is 3.49. The molecule has 0 aromatic heterocycles. The minimum Gasteiger partial charge on any atom is -0.327 e. The molecule has 0 fully saturated rings. The summed E-state index contributed by atoms with van der Waals surface area (Å²) in [5.74, 6) is -0.789. The third-order valence-electron chi connectivity index (χ3n) is 2.15. The van der Waals surface area contributed by atoms with Gasteiger partial charge < -0.3 is 5.73 Å². The molecule has 1 aromatic rings. The number of halogens is 2. The summed E-state index contributed by atoms with van der Waals surface area (Å²) in [4.78, 5) is 0. The predicted octanol–water partition coefficient (Wildman–Crippen LogP) is 2.63. The van der Waals surface area contributed by atoms with Gasteiger partial charge in [-0.05, 0) is 36.6 Å². The van der Waals surface area contributed by atoms with Gasteiger partial charge in [0, 0.05) is 6.04 Å². The van der Waals surface area contributed by atoms with E-state index in [9.17, 15) is 8.78 Å². The van der Waals surface area contributed by atoms with E-state index in [2.05, 4.69) is 0 Å². The third-order valence-corrected chi connectivity index (χ3v) is 2.15. The molecule has 14 heavy (non-hydrogen) atoms. The van der Waals surface area contributed by atoms with Crippen molar-refractivity contribution in [2.24, 2.45) is 5.73 Å². The van der Waals surface area contributed by atoms with Gasteiger partial charge in [0.2, 0.25) is 0 Å². The summed E-state index contributed by atoms with van der Waals surface area (Å²) in [7, 11) is 0. The van der Waals surface area contributed by atoms with E-state index in [0.717, 1.165) is 25.0 Å². The zero-order valence-corrected chi connectivity index (χ0v) is 8.26. The van der Waals surface area contributed by atoms with E-state index in [0.29, 0.717) is 12.0 Å². The van der Waals surface area contributed by atoms with Crippen LogP contribution in [0.5, 0.6) is 0 Å². The first-order chi connectivity index (χ1) is 6.63. The van der Waals surface area contributed by atoms with Gasteiger partial charge in [-0.1, -0.05) is 13.3 Å². The van der Waals surface area contributed by atoms with Crippen LogP contribution in [0.25, 0.3) is 0 Å². The van der Waals surface area contributed by atoms with Crippen molar-refractivity contribution in [3.63, 3.8) is 0 Å². The number of rotatable bonds is 4. The van der Waals surface area contributed by atoms with Gasteiger partial charge in [-0.3, -0.25) is 0 Å². The average Bonchev–Trinajstić information content (AvgIpc) is 2.12. The van der Waals surface area contributed by atoms with Crippen LogP contribution < -0.4 is 5.73 Å². The second kappa shape index (κ2) is 5.05. The fourth-order valence-corrected chi connectivity index (χ4v) is 1.46. The lowest BCUT2D eigenvalue weighted by Crippen LogP contribution is -2.22. The lowest BCUT2D eigenvalue weighted by molar-refractivity contribution is 0.550. The molecule has 0 aliphatic heterocycles. The Bertz CT molecular complexity index is 299. The number of nitrogens with two attached hydrogens (primary N) is 1. The summed E-state index contributed by atoms with van der Waals surface area (Å²) >= 11 is 0. The van der Waals surface area contributed by atoms with Gasteiger partial charge in [0.05, 0.1) is 0 Å². The summed E-state index contributed by atoms with van der Waals surface area (Å²) in [6.07, 6.45) is 2.19. The van der Waals surface area contributed by atoms with Gasteiger partial charge in [0.15, 0.2) is 0 Å². The minimum atomic E-state index is -0.412. The lowest BCUT2D eigenvalue weighted by atomic mass is 10.0.